The topological polar surface area (TPSA) is 3.88 Å². The van der Waals surface area contributed by atoms with Gasteiger partial charge in [0.2, 0.25) is 0 Å². The van der Waals surface area contributed by atoms with E-state index in [9.17, 15) is 0 Å². The van der Waals surface area contributed by atoms with Crippen molar-refractivity contribution >= 4 is 57.0 Å². The van der Waals surface area contributed by atoms with E-state index in [-0.39, 0.29) is 50.9 Å². The monoisotopic (exact) mass is 374 g/mol. The predicted molar refractivity (Wildman–Crippen MR) is 73.4 cm³/mol. The molecule has 1 heterocycles. The molecular weight excluding hydrogens is 362 g/mol. The van der Waals surface area contributed by atoms with E-state index in [0.717, 1.165) is 6.54 Å². The molecule has 1 nitrogen and oxygen atoms in total. The normalized spacial score (nSPS) is 7.15. The summed E-state index contributed by atoms with van der Waals surface area (Å²) in [4.78, 5) is 0. The number of aromatic nitrogens is 1. The average molecular weight is 377 g/mol. The zero-order valence-electron chi connectivity index (χ0n) is 7.47. The highest BCUT2D eigenvalue weighted by molar-refractivity contribution is 8.93. The fourth-order valence-electron chi connectivity index (χ4n) is 0.816. The summed E-state index contributed by atoms with van der Waals surface area (Å²) in [5, 5.41) is 0. The van der Waals surface area contributed by atoms with Crippen LogP contribution in [0, 0.1) is 0 Å². The smallest absolute Gasteiger partial charge is 0.169 e. The lowest BCUT2D eigenvalue weighted by Gasteiger charge is -1.90. The standard InChI is InChI=1S/C9H12N.3BrH/c1-3-9-5-7-10(4-2)8-6-9;;;/h3,5-8H,1,4H2,2H3;3*1H/q+1;;;. The number of rotatable bonds is 2. The third-order valence-electron chi connectivity index (χ3n) is 1.52. The Morgan fingerprint density at radius 1 is 1.23 bits per heavy atom. The first kappa shape index (κ1) is 19.0. The van der Waals surface area contributed by atoms with Crippen molar-refractivity contribution in [3.8, 4) is 0 Å². The van der Waals surface area contributed by atoms with E-state index in [1.54, 1.807) is 0 Å². The molecule has 0 saturated carbocycles. The molecule has 0 N–H and O–H groups in total. The molecule has 0 amide bonds. The quantitative estimate of drug-likeness (QED) is 0.697. The summed E-state index contributed by atoms with van der Waals surface area (Å²) >= 11 is 0. The van der Waals surface area contributed by atoms with Crippen molar-refractivity contribution in [3.63, 3.8) is 0 Å². The Morgan fingerprint density at radius 2 is 1.69 bits per heavy atom. The van der Waals surface area contributed by atoms with Gasteiger partial charge in [-0.25, -0.2) is 4.57 Å². The molecule has 0 saturated heterocycles. The molecule has 0 aliphatic rings. The summed E-state index contributed by atoms with van der Waals surface area (Å²) in [5.74, 6) is 0. The van der Waals surface area contributed by atoms with Crippen LogP contribution in [0.1, 0.15) is 12.5 Å². The van der Waals surface area contributed by atoms with Crippen LogP contribution in [0.25, 0.3) is 6.08 Å². The van der Waals surface area contributed by atoms with E-state index in [1.165, 1.54) is 5.56 Å². The van der Waals surface area contributed by atoms with Gasteiger partial charge in [0.15, 0.2) is 12.4 Å². The van der Waals surface area contributed by atoms with Crippen molar-refractivity contribution in [2.45, 2.75) is 13.5 Å². The molecule has 1 aromatic rings. The molecule has 0 bridgehead atoms. The van der Waals surface area contributed by atoms with Crippen molar-refractivity contribution in [1.29, 1.82) is 0 Å². The van der Waals surface area contributed by atoms with Gasteiger partial charge in [-0.2, -0.15) is 0 Å². The maximum absolute atomic E-state index is 3.68. The van der Waals surface area contributed by atoms with Crippen LogP contribution < -0.4 is 4.57 Å². The van der Waals surface area contributed by atoms with Gasteiger partial charge in [0.05, 0.1) is 0 Å². The zero-order valence-corrected chi connectivity index (χ0v) is 12.6. The molecule has 4 heteroatoms. The number of nitrogens with zero attached hydrogens (tertiary/aromatic N) is 1. The number of hydrogen-bond donors (Lipinski definition) is 0. The Bertz CT molecular complexity index is 221. The molecular formula is C9H15Br3N+. The molecule has 13 heavy (non-hydrogen) atoms. The van der Waals surface area contributed by atoms with Gasteiger partial charge in [-0.05, 0) is 12.5 Å². The van der Waals surface area contributed by atoms with Crippen LogP contribution in [0.3, 0.4) is 0 Å². The largest absolute Gasteiger partial charge is 0.205 e. The zero-order chi connectivity index (χ0) is 7.40. The van der Waals surface area contributed by atoms with E-state index in [0.29, 0.717) is 0 Å². The third-order valence-corrected chi connectivity index (χ3v) is 1.52. The van der Waals surface area contributed by atoms with Crippen molar-refractivity contribution in [3.05, 3.63) is 36.7 Å². The minimum absolute atomic E-state index is 0. The summed E-state index contributed by atoms with van der Waals surface area (Å²) in [6.07, 6.45) is 5.95. The van der Waals surface area contributed by atoms with Crippen LogP contribution in [0.2, 0.25) is 0 Å². The summed E-state index contributed by atoms with van der Waals surface area (Å²) in [7, 11) is 0. The highest BCUT2D eigenvalue weighted by Gasteiger charge is 1.92. The second-order valence-corrected chi connectivity index (χ2v) is 2.17. The summed E-state index contributed by atoms with van der Waals surface area (Å²) < 4.78 is 2.12. The van der Waals surface area contributed by atoms with Crippen LogP contribution in [0.5, 0.6) is 0 Å². The minimum atomic E-state index is 0. The highest BCUT2D eigenvalue weighted by atomic mass is 79.9. The first-order valence-corrected chi connectivity index (χ1v) is 3.48. The molecule has 76 valence electrons. The SMILES string of the molecule is Br.Br.Br.C=Cc1cc[n+](CC)cc1. The number of pyridine rings is 1. The molecule has 0 aromatic carbocycles. The van der Waals surface area contributed by atoms with Gasteiger partial charge < -0.3 is 0 Å². The molecule has 0 aliphatic carbocycles. The van der Waals surface area contributed by atoms with Crippen LogP contribution in [-0.2, 0) is 6.54 Å². The number of halogens is 3. The fourth-order valence-corrected chi connectivity index (χ4v) is 0.816. The Kier molecular flexibility index (Phi) is 15.2. The molecule has 0 radical (unpaired) electrons. The Hall–Kier alpha value is 0.330. The van der Waals surface area contributed by atoms with Crippen molar-refractivity contribution in [2.24, 2.45) is 0 Å². The minimum Gasteiger partial charge on any atom is -0.205 e. The van der Waals surface area contributed by atoms with Gasteiger partial charge in [-0.1, -0.05) is 12.7 Å². The lowest BCUT2D eigenvalue weighted by molar-refractivity contribution is -0.693. The predicted octanol–water partition coefficient (Wildman–Crippen LogP) is 3.37. The lowest BCUT2D eigenvalue weighted by atomic mass is 10.3. The average Bonchev–Trinajstić information content (AvgIpc) is 2.05. The summed E-state index contributed by atoms with van der Waals surface area (Å²) in [6, 6.07) is 4.10. The van der Waals surface area contributed by atoms with Crippen LogP contribution >= 0.6 is 50.9 Å². The van der Waals surface area contributed by atoms with Gasteiger partial charge >= 0.3 is 0 Å². The van der Waals surface area contributed by atoms with E-state index >= 15 is 0 Å². The van der Waals surface area contributed by atoms with Gasteiger partial charge in [0.25, 0.3) is 0 Å². The number of aryl methyl sites for hydroxylation is 1. The van der Waals surface area contributed by atoms with Gasteiger partial charge in [-0.15, -0.1) is 50.9 Å². The highest BCUT2D eigenvalue weighted by Crippen LogP contribution is 1.94. The first-order valence-electron chi connectivity index (χ1n) is 3.48. The van der Waals surface area contributed by atoms with Crippen LogP contribution in [0.4, 0.5) is 0 Å². The maximum atomic E-state index is 3.68. The third kappa shape index (κ3) is 6.41. The van der Waals surface area contributed by atoms with Gasteiger partial charge in [0.1, 0.15) is 6.54 Å². The van der Waals surface area contributed by atoms with Crippen molar-refractivity contribution < 1.29 is 4.57 Å². The lowest BCUT2D eigenvalue weighted by Crippen LogP contribution is -2.30. The van der Waals surface area contributed by atoms with E-state index in [1.807, 2.05) is 6.08 Å². The van der Waals surface area contributed by atoms with Crippen molar-refractivity contribution in [2.75, 3.05) is 0 Å². The Morgan fingerprint density at radius 3 is 2.00 bits per heavy atom. The van der Waals surface area contributed by atoms with E-state index < -0.39 is 0 Å². The first-order chi connectivity index (χ1) is 4.86. The van der Waals surface area contributed by atoms with Gasteiger partial charge in [-0.3, -0.25) is 0 Å². The van der Waals surface area contributed by atoms with Gasteiger partial charge in [0, 0.05) is 12.1 Å². The Labute approximate surface area is 111 Å². The molecule has 1 rings (SSSR count). The molecule has 0 unspecified atom stereocenters. The fraction of sp³-hybridized carbons (Fsp3) is 0.222. The van der Waals surface area contributed by atoms with Crippen LogP contribution in [-0.4, -0.2) is 0 Å². The van der Waals surface area contributed by atoms with Crippen molar-refractivity contribution in [1.82, 2.24) is 0 Å². The molecule has 0 spiro atoms. The molecule has 1 aromatic heterocycles. The summed E-state index contributed by atoms with van der Waals surface area (Å²) in [6.45, 7) is 6.82. The van der Waals surface area contributed by atoms with E-state index in [4.69, 9.17) is 0 Å². The number of hydrogen-bond acceptors (Lipinski definition) is 0. The maximum Gasteiger partial charge on any atom is 0.169 e. The molecule has 0 fully saturated rings. The second kappa shape index (κ2) is 10.4. The van der Waals surface area contributed by atoms with E-state index in [2.05, 4.69) is 42.6 Å². The second-order valence-electron chi connectivity index (χ2n) is 2.17. The van der Waals surface area contributed by atoms with Crippen LogP contribution in [0.15, 0.2) is 31.1 Å². The Balaban J connectivity index is -0.000000333. The summed E-state index contributed by atoms with van der Waals surface area (Å²) in [5.41, 5.74) is 1.17. The molecule has 0 aliphatic heterocycles. The molecule has 0 atom stereocenters.